The zero-order chi connectivity index (χ0) is 16.9. The van der Waals surface area contributed by atoms with Crippen LogP contribution in [0.25, 0.3) is 0 Å². The van der Waals surface area contributed by atoms with Gasteiger partial charge in [0.05, 0.1) is 25.5 Å². The fourth-order valence-corrected chi connectivity index (χ4v) is 2.76. The molecule has 0 aliphatic carbocycles. The van der Waals surface area contributed by atoms with E-state index in [1.807, 2.05) is 37.1 Å². The average molecular weight is 332 g/mol. The first-order valence-electron chi connectivity index (χ1n) is 8.23. The molecule has 2 aromatic rings. The summed E-state index contributed by atoms with van der Waals surface area (Å²) in [5.74, 6) is 3.44. The van der Waals surface area contributed by atoms with E-state index >= 15 is 0 Å². The molecule has 1 fully saturated rings. The largest absolute Gasteiger partial charge is 0.464 e. The number of ether oxygens (including phenoxy) is 1. The average Bonchev–Trinajstić information content (AvgIpc) is 3.24. The minimum atomic E-state index is 0.0387. The Morgan fingerprint density at radius 1 is 1.38 bits per heavy atom. The van der Waals surface area contributed by atoms with E-state index in [1.165, 1.54) is 0 Å². The Morgan fingerprint density at radius 2 is 2.25 bits per heavy atom. The Labute approximate surface area is 141 Å². The van der Waals surface area contributed by atoms with Crippen molar-refractivity contribution in [2.24, 2.45) is 0 Å². The maximum absolute atomic E-state index is 9.02. The number of nitrogens with one attached hydrogen (secondary N) is 1. The molecule has 1 aliphatic heterocycles. The zero-order valence-electron chi connectivity index (χ0n) is 14.2. The molecule has 1 aliphatic rings. The minimum absolute atomic E-state index is 0.0387. The monoisotopic (exact) mass is 332 g/mol. The molecule has 2 aromatic heterocycles. The van der Waals surface area contributed by atoms with E-state index < -0.39 is 0 Å². The highest BCUT2D eigenvalue weighted by Gasteiger charge is 2.21. The van der Waals surface area contributed by atoms with Gasteiger partial charge in [0.15, 0.2) is 0 Å². The van der Waals surface area contributed by atoms with Gasteiger partial charge < -0.3 is 24.5 Å². The van der Waals surface area contributed by atoms with Crippen LogP contribution >= 0.6 is 0 Å². The van der Waals surface area contributed by atoms with Crippen molar-refractivity contribution in [3.05, 3.63) is 35.4 Å². The van der Waals surface area contributed by atoms with Gasteiger partial charge in [0.2, 0.25) is 5.95 Å². The van der Waals surface area contributed by atoms with Gasteiger partial charge in [0.25, 0.3) is 0 Å². The summed E-state index contributed by atoms with van der Waals surface area (Å²) in [6, 6.07) is 5.95. The van der Waals surface area contributed by atoms with Crippen LogP contribution in [0.3, 0.4) is 0 Å². The van der Waals surface area contributed by atoms with Crippen molar-refractivity contribution >= 4 is 11.8 Å². The molecule has 0 radical (unpaired) electrons. The molecule has 3 rings (SSSR count). The summed E-state index contributed by atoms with van der Waals surface area (Å²) < 4.78 is 11.1. The molecule has 0 spiro atoms. The maximum atomic E-state index is 9.02. The van der Waals surface area contributed by atoms with E-state index in [4.69, 9.17) is 14.3 Å². The molecule has 2 N–H and O–H groups in total. The predicted molar refractivity (Wildman–Crippen MR) is 91.3 cm³/mol. The van der Waals surface area contributed by atoms with Gasteiger partial charge in [-0.15, -0.1) is 0 Å². The molecule has 130 valence electrons. The van der Waals surface area contributed by atoms with Crippen molar-refractivity contribution in [2.75, 3.05) is 43.6 Å². The summed E-state index contributed by atoms with van der Waals surface area (Å²) in [6.45, 7) is 4.48. The molecule has 7 heteroatoms. The first kappa shape index (κ1) is 16.7. The van der Waals surface area contributed by atoms with Crippen molar-refractivity contribution in [3.63, 3.8) is 0 Å². The molecule has 0 saturated carbocycles. The number of aliphatic hydroxyl groups excluding tert-OH is 1. The Balaban J connectivity index is 1.82. The van der Waals surface area contributed by atoms with Crippen molar-refractivity contribution in [1.82, 2.24) is 9.97 Å². The van der Waals surface area contributed by atoms with Crippen molar-refractivity contribution < 1.29 is 14.3 Å². The fourth-order valence-electron chi connectivity index (χ4n) is 2.76. The number of nitrogens with zero attached hydrogens (tertiary/aromatic N) is 3. The Kier molecular flexibility index (Phi) is 5.32. The molecule has 1 atom stereocenters. The zero-order valence-corrected chi connectivity index (χ0v) is 14.2. The molecule has 7 nitrogen and oxygen atoms in total. The van der Waals surface area contributed by atoms with E-state index in [2.05, 4.69) is 15.3 Å². The van der Waals surface area contributed by atoms with Gasteiger partial charge in [0.1, 0.15) is 17.3 Å². The third-order valence-electron chi connectivity index (χ3n) is 4.06. The van der Waals surface area contributed by atoms with Gasteiger partial charge in [-0.2, -0.15) is 4.98 Å². The van der Waals surface area contributed by atoms with Crippen LogP contribution in [-0.2, 0) is 11.3 Å². The second kappa shape index (κ2) is 7.63. The smallest absolute Gasteiger partial charge is 0.224 e. The lowest BCUT2D eigenvalue weighted by Gasteiger charge is -2.20. The van der Waals surface area contributed by atoms with Crippen molar-refractivity contribution in [3.8, 4) is 0 Å². The quantitative estimate of drug-likeness (QED) is 0.801. The number of hydrogen-bond donors (Lipinski definition) is 2. The first-order chi connectivity index (χ1) is 11.7. The second-order valence-corrected chi connectivity index (χ2v) is 6.05. The Morgan fingerprint density at radius 3 is 2.92 bits per heavy atom. The third-order valence-corrected chi connectivity index (χ3v) is 4.06. The van der Waals surface area contributed by atoms with Crippen LogP contribution in [0.15, 0.2) is 22.6 Å². The highest BCUT2D eigenvalue weighted by molar-refractivity contribution is 5.45. The van der Waals surface area contributed by atoms with E-state index in [0.29, 0.717) is 31.6 Å². The SMILES string of the molecule is Cc1ccc(CN(C)c2cc(C3CCOC3)nc(NCCO)n2)o1. The van der Waals surface area contributed by atoms with Crippen LogP contribution in [0.2, 0.25) is 0 Å². The van der Waals surface area contributed by atoms with Gasteiger partial charge in [-0.1, -0.05) is 0 Å². The summed E-state index contributed by atoms with van der Waals surface area (Å²) in [5.41, 5.74) is 0.973. The molecule has 24 heavy (non-hydrogen) atoms. The highest BCUT2D eigenvalue weighted by atomic mass is 16.5. The number of aliphatic hydroxyl groups is 1. The van der Waals surface area contributed by atoms with Crippen LogP contribution in [0.4, 0.5) is 11.8 Å². The molecular formula is C17H24N4O3. The summed E-state index contributed by atoms with van der Waals surface area (Å²) in [6.07, 6.45) is 0.969. The molecular weight excluding hydrogens is 308 g/mol. The summed E-state index contributed by atoms with van der Waals surface area (Å²) in [5, 5.41) is 12.1. The number of furan rings is 1. The topological polar surface area (TPSA) is 83.7 Å². The lowest BCUT2D eigenvalue weighted by atomic mass is 10.0. The molecule has 0 aromatic carbocycles. The van der Waals surface area contributed by atoms with Gasteiger partial charge >= 0.3 is 0 Å². The van der Waals surface area contributed by atoms with E-state index in [-0.39, 0.29) is 6.61 Å². The second-order valence-electron chi connectivity index (χ2n) is 6.05. The lowest BCUT2D eigenvalue weighted by Crippen LogP contribution is -2.20. The van der Waals surface area contributed by atoms with Gasteiger partial charge in [-0.25, -0.2) is 4.98 Å². The number of aryl methyl sites for hydroxylation is 1. The number of aromatic nitrogens is 2. The summed E-state index contributed by atoms with van der Waals surface area (Å²) in [7, 11) is 1.98. The maximum Gasteiger partial charge on any atom is 0.224 e. The summed E-state index contributed by atoms with van der Waals surface area (Å²) in [4.78, 5) is 11.2. The molecule has 0 bridgehead atoms. The molecule has 3 heterocycles. The van der Waals surface area contributed by atoms with Crippen LogP contribution in [0.1, 0.15) is 29.6 Å². The minimum Gasteiger partial charge on any atom is -0.464 e. The fraction of sp³-hybridized carbons (Fsp3) is 0.529. The molecule has 0 amide bonds. The summed E-state index contributed by atoms with van der Waals surface area (Å²) >= 11 is 0. The standard InChI is InChI=1S/C17H24N4O3/c1-12-3-4-14(24-12)10-21(2)16-9-15(13-5-8-23-11-13)19-17(20-16)18-6-7-22/h3-4,9,13,22H,5-8,10-11H2,1-2H3,(H,18,19,20). The van der Waals surface area contributed by atoms with Gasteiger partial charge in [0, 0.05) is 32.2 Å². The van der Waals surface area contributed by atoms with Crippen LogP contribution in [0.5, 0.6) is 0 Å². The Bertz CT molecular complexity index is 668. The molecule has 1 saturated heterocycles. The van der Waals surface area contributed by atoms with Gasteiger partial charge in [-0.05, 0) is 25.5 Å². The highest BCUT2D eigenvalue weighted by Crippen LogP contribution is 2.27. The normalized spacial score (nSPS) is 17.2. The number of anilines is 2. The number of hydrogen-bond acceptors (Lipinski definition) is 7. The lowest BCUT2D eigenvalue weighted by molar-refractivity contribution is 0.193. The van der Waals surface area contributed by atoms with Crippen LogP contribution in [-0.4, -0.2) is 48.5 Å². The van der Waals surface area contributed by atoms with Crippen molar-refractivity contribution in [2.45, 2.75) is 25.8 Å². The molecule has 1 unspecified atom stereocenters. The van der Waals surface area contributed by atoms with E-state index in [9.17, 15) is 0 Å². The van der Waals surface area contributed by atoms with Gasteiger partial charge in [-0.3, -0.25) is 0 Å². The van der Waals surface area contributed by atoms with Crippen LogP contribution in [0, 0.1) is 6.92 Å². The first-order valence-corrected chi connectivity index (χ1v) is 8.23. The third kappa shape index (κ3) is 4.04. The van der Waals surface area contributed by atoms with Crippen LogP contribution < -0.4 is 10.2 Å². The van der Waals surface area contributed by atoms with Crippen molar-refractivity contribution in [1.29, 1.82) is 0 Å². The number of rotatable bonds is 7. The van der Waals surface area contributed by atoms with E-state index in [0.717, 1.165) is 36.1 Å². The predicted octanol–water partition coefficient (Wildman–Crippen LogP) is 1.92. The Hall–Kier alpha value is -2.12. The van der Waals surface area contributed by atoms with E-state index in [1.54, 1.807) is 0 Å².